The number of carbonyl (C=O) groups excluding carboxylic acids is 2. The minimum Gasteiger partial charge on any atom is -0.367 e. The molecule has 4 N–H and O–H groups in total. The highest BCUT2D eigenvalue weighted by Crippen LogP contribution is 2.21. The molecule has 1 aromatic heterocycles. The number of nitrogens with one attached hydrogen (secondary N) is 2. The van der Waals surface area contributed by atoms with Crippen LogP contribution in [0.5, 0.6) is 0 Å². The van der Waals surface area contributed by atoms with E-state index in [2.05, 4.69) is 20.5 Å². The minimum atomic E-state index is -0.170. The van der Waals surface area contributed by atoms with Crippen LogP contribution in [0.25, 0.3) is 0 Å². The lowest BCUT2D eigenvalue weighted by atomic mass is 10.2. The molecule has 2 aromatic rings. The number of anilines is 2. The Kier molecular flexibility index (Phi) is 4.22. The van der Waals surface area contributed by atoms with Gasteiger partial charge in [-0.15, -0.1) is 5.10 Å². The Labute approximate surface area is 133 Å². The Bertz CT molecular complexity index is 709. The number of benzene rings is 1. The van der Waals surface area contributed by atoms with Crippen LogP contribution < -0.4 is 16.0 Å². The van der Waals surface area contributed by atoms with Crippen molar-refractivity contribution < 1.29 is 9.59 Å². The van der Waals surface area contributed by atoms with Gasteiger partial charge in [0.2, 0.25) is 11.9 Å². The minimum absolute atomic E-state index is 0.133. The number of H-pyrrole nitrogens is 1. The fourth-order valence-corrected chi connectivity index (χ4v) is 2.53. The second-order valence-electron chi connectivity index (χ2n) is 5.34. The molecular weight excluding hydrogens is 296 g/mol. The molecule has 1 aromatic carbocycles. The summed E-state index contributed by atoms with van der Waals surface area (Å²) in [6.45, 7) is 1.17. The van der Waals surface area contributed by atoms with Crippen molar-refractivity contribution in [2.24, 2.45) is 0 Å². The number of hydrogen-bond acceptors (Lipinski definition) is 5. The molecule has 0 unspecified atom stereocenters. The molecule has 1 aliphatic rings. The molecule has 120 valence electrons. The van der Waals surface area contributed by atoms with Crippen molar-refractivity contribution >= 4 is 23.5 Å². The molecule has 0 bridgehead atoms. The van der Waals surface area contributed by atoms with E-state index in [0.29, 0.717) is 30.8 Å². The molecule has 0 spiro atoms. The Balaban J connectivity index is 1.54. The Morgan fingerprint density at radius 1 is 1.35 bits per heavy atom. The Morgan fingerprint density at radius 3 is 2.74 bits per heavy atom. The van der Waals surface area contributed by atoms with E-state index < -0.39 is 0 Å². The largest absolute Gasteiger partial charge is 0.367 e. The van der Waals surface area contributed by atoms with Crippen LogP contribution >= 0.6 is 0 Å². The molecule has 2 heterocycles. The number of nitrogens with two attached hydrogens (primary N) is 1. The third kappa shape index (κ3) is 3.47. The lowest BCUT2D eigenvalue weighted by Crippen LogP contribution is -2.26. The summed E-state index contributed by atoms with van der Waals surface area (Å²) < 4.78 is 0. The molecule has 0 radical (unpaired) electrons. The highest BCUT2D eigenvalue weighted by atomic mass is 16.2. The SMILES string of the molecule is Nc1n[nH]c(CCNC(=O)c2ccc(N3CCCC3=O)cc2)n1. The van der Waals surface area contributed by atoms with Gasteiger partial charge in [-0.2, -0.15) is 4.98 Å². The fraction of sp³-hybridized carbons (Fsp3) is 0.333. The van der Waals surface area contributed by atoms with Crippen molar-refractivity contribution in [2.45, 2.75) is 19.3 Å². The van der Waals surface area contributed by atoms with E-state index in [-0.39, 0.29) is 17.8 Å². The highest BCUT2D eigenvalue weighted by Gasteiger charge is 2.21. The summed E-state index contributed by atoms with van der Waals surface area (Å²) in [5.74, 6) is 0.786. The molecule has 3 rings (SSSR count). The van der Waals surface area contributed by atoms with Crippen molar-refractivity contribution in [3.8, 4) is 0 Å². The topological polar surface area (TPSA) is 117 Å². The molecular formula is C15H18N6O2. The number of nitrogen functional groups attached to an aromatic ring is 1. The molecule has 0 saturated carbocycles. The van der Waals surface area contributed by atoms with Gasteiger partial charge in [0, 0.05) is 37.2 Å². The van der Waals surface area contributed by atoms with E-state index in [0.717, 1.165) is 18.7 Å². The summed E-state index contributed by atoms with van der Waals surface area (Å²) >= 11 is 0. The molecule has 0 aliphatic carbocycles. The van der Waals surface area contributed by atoms with Crippen molar-refractivity contribution in [1.29, 1.82) is 0 Å². The smallest absolute Gasteiger partial charge is 0.251 e. The zero-order valence-corrected chi connectivity index (χ0v) is 12.6. The van der Waals surface area contributed by atoms with Crippen LogP contribution in [0.3, 0.4) is 0 Å². The summed E-state index contributed by atoms with van der Waals surface area (Å²) in [6.07, 6.45) is 2.00. The first kappa shape index (κ1) is 15.0. The normalized spacial score (nSPS) is 14.3. The molecule has 23 heavy (non-hydrogen) atoms. The standard InChI is InChI=1S/C15H18N6O2/c16-15-18-12(19-20-15)7-8-17-14(23)10-3-5-11(6-4-10)21-9-1-2-13(21)22/h3-6H,1-2,7-9H2,(H,17,23)(H3,16,18,19,20). The fourth-order valence-electron chi connectivity index (χ4n) is 2.53. The number of hydrogen-bond donors (Lipinski definition) is 3. The van der Waals surface area contributed by atoms with Crippen LogP contribution in [0, 0.1) is 0 Å². The maximum atomic E-state index is 12.1. The van der Waals surface area contributed by atoms with Crippen LogP contribution in [-0.2, 0) is 11.2 Å². The van der Waals surface area contributed by atoms with E-state index in [1.54, 1.807) is 29.2 Å². The maximum absolute atomic E-state index is 12.1. The zero-order chi connectivity index (χ0) is 16.2. The maximum Gasteiger partial charge on any atom is 0.251 e. The van der Waals surface area contributed by atoms with Gasteiger partial charge >= 0.3 is 0 Å². The van der Waals surface area contributed by atoms with Gasteiger partial charge in [0.25, 0.3) is 5.91 Å². The number of aromatic nitrogens is 3. The molecule has 2 amide bonds. The average molecular weight is 314 g/mol. The van der Waals surface area contributed by atoms with Crippen molar-refractivity contribution in [2.75, 3.05) is 23.7 Å². The number of rotatable bonds is 5. The second kappa shape index (κ2) is 6.47. The predicted molar refractivity (Wildman–Crippen MR) is 84.9 cm³/mol. The zero-order valence-electron chi connectivity index (χ0n) is 12.6. The predicted octanol–water partition coefficient (Wildman–Crippen LogP) is 0.486. The Morgan fingerprint density at radius 2 is 2.13 bits per heavy atom. The first-order chi connectivity index (χ1) is 11.1. The van der Waals surface area contributed by atoms with E-state index in [1.165, 1.54) is 0 Å². The summed E-state index contributed by atoms with van der Waals surface area (Å²) in [6, 6.07) is 7.05. The van der Waals surface area contributed by atoms with E-state index in [1.807, 2.05) is 0 Å². The summed E-state index contributed by atoms with van der Waals surface area (Å²) in [7, 11) is 0. The summed E-state index contributed by atoms with van der Waals surface area (Å²) in [5.41, 5.74) is 6.80. The molecule has 0 atom stereocenters. The lowest BCUT2D eigenvalue weighted by Gasteiger charge is -2.15. The quantitative estimate of drug-likeness (QED) is 0.742. The van der Waals surface area contributed by atoms with Crippen LogP contribution in [0.4, 0.5) is 11.6 Å². The van der Waals surface area contributed by atoms with Gasteiger partial charge in [0.05, 0.1) is 0 Å². The molecule has 1 fully saturated rings. The van der Waals surface area contributed by atoms with Crippen molar-refractivity contribution in [3.63, 3.8) is 0 Å². The summed E-state index contributed by atoms with van der Waals surface area (Å²) in [5, 5.41) is 9.22. The molecule has 8 heteroatoms. The first-order valence-electron chi connectivity index (χ1n) is 7.49. The van der Waals surface area contributed by atoms with Gasteiger partial charge in [-0.05, 0) is 30.7 Å². The van der Waals surface area contributed by atoms with Gasteiger partial charge in [-0.1, -0.05) is 0 Å². The average Bonchev–Trinajstić information content (AvgIpc) is 3.16. The number of carbonyl (C=O) groups is 2. The van der Waals surface area contributed by atoms with Gasteiger partial charge in [0.15, 0.2) is 0 Å². The van der Waals surface area contributed by atoms with Crippen molar-refractivity contribution in [1.82, 2.24) is 20.5 Å². The number of aromatic amines is 1. The third-order valence-corrected chi connectivity index (χ3v) is 3.71. The van der Waals surface area contributed by atoms with E-state index >= 15 is 0 Å². The molecule has 8 nitrogen and oxygen atoms in total. The summed E-state index contributed by atoms with van der Waals surface area (Å²) in [4.78, 5) is 29.5. The van der Waals surface area contributed by atoms with E-state index in [4.69, 9.17) is 5.73 Å². The van der Waals surface area contributed by atoms with Gasteiger partial charge in [-0.3, -0.25) is 14.7 Å². The van der Waals surface area contributed by atoms with E-state index in [9.17, 15) is 9.59 Å². The molecule has 1 aliphatic heterocycles. The van der Waals surface area contributed by atoms with Gasteiger partial charge in [-0.25, -0.2) is 0 Å². The second-order valence-corrected chi connectivity index (χ2v) is 5.34. The monoisotopic (exact) mass is 314 g/mol. The lowest BCUT2D eigenvalue weighted by molar-refractivity contribution is -0.117. The van der Waals surface area contributed by atoms with Gasteiger partial charge < -0.3 is 16.0 Å². The van der Waals surface area contributed by atoms with Gasteiger partial charge in [0.1, 0.15) is 5.82 Å². The van der Waals surface area contributed by atoms with Crippen molar-refractivity contribution in [3.05, 3.63) is 35.7 Å². The first-order valence-corrected chi connectivity index (χ1v) is 7.49. The highest BCUT2D eigenvalue weighted by molar-refractivity contribution is 5.97. The van der Waals surface area contributed by atoms with Crippen LogP contribution in [0.15, 0.2) is 24.3 Å². The van der Waals surface area contributed by atoms with Crippen LogP contribution in [-0.4, -0.2) is 40.1 Å². The van der Waals surface area contributed by atoms with Crippen LogP contribution in [0.1, 0.15) is 29.0 Å². The number of nitrogens with zero attached hydrogens (tertiary/aromatic N) is 3. The third-order valence-electron chi connectivity index (χ3n) is 3.71. The van der Waals surface area contributed by atoms with Crippen LogP contribution in [0.2, 0.25) is 0 Å². The number of amides is 2. The molecule has 1 saturated heterocycles. The Hall–Kier alpha value is -2.90.